The van der Waals surface area contributed by atoms with Crippen molar-refractivity contribution >= 4 is 33.2 Å². The molecule has 0 unspecified atom stereocenters. The van der Waals surface area contributed by atoms with Crippen molar-refractivity contribution in [3.05, 3.63) is 28.2 Å². The number of halogens is 2. The third kappa shape index (κ3) is 2.70. The highest BCUT2D eigenvalue weighted by molar-refractivity contribution is 9.10. The van der Waals surface area contributed by atoms with E-state index < -0.39 is 0 Å². The van der Waals surface area contributed by atoms with E-state index in [1.807, 2.05) is 0 Å². The summed E-state index contributed by atoms with van der Waals surface area (Å²) in [5.41, 5.74) is 3.01. The average molecular weight is 331 g/mol. The van der Waals surface area contributed by atoms with Crippen LogP contribution >= 0.6 is 27.5 Å². The Morgan fingerprint density at radius 3 is 2.56 bits per heavy atom. The SMILES string of the molecule is CCC1(CC)CCN(c2ccc(CCl)c(Br)c2)C1. The van der Waals surface area contributed by atoms with Gasteiger partial charge < -0.3 is 4.90 Å². The molecule has 2 rings (SSSR count). The Hall–Kier alpha value is -0.210. The fourth-order valence-electron chi connectivity index (χ4n) is 2.82. The molecule has 1 saturated heterocycles. The molecule has 1 aliphatic rings. The molecule has 0 aliphatic carbocycles. The van der Waals surface area contributed by atoms with E-state index in [0.717, 1.165) is 10.0 Å². The lowest BCUT2D eigenvalue weighted by molar-refractivity contribution is 0.301. The van der Waals surface area contributed by atoms with Crippen molar-refractivity contribution in [3.8, 4) is 0 Å². The second kappa shape index (κ2) is 5.83. The van der Waals surface area contributed by atoms with Crippen molar-refractivity contribution in [2.75, 3.05) is 18.0 Å². The van der Waals surface area contributed by atoms with Crippen LogP contribution in [0.5, 0.6) is 0 Å². The van der Waals surface area contributed by atoms with Crippen LogP contribution in [0.25, 0.3) is 0 Å². The van der Waals surface area contributed by atoms with Crippen LogP contribution in [0, 0.1) is 5.41 Å². The lowest BCUT2D eigenvalue weighted by atomic mass is 9.82. The van der Waals surface area contributed by atoms with Gasteiger partial charge in [-0.05, 0) is 42.4 Å². The fraction of sp³-hybridized carbons (Fsp3) is 0.600. The van der Waals surface area contributed by atoms with Crippen LogP contribution in [0.15, 0.2) is 22.7 Å². The summed E-state index contributed by atoms with van der Waals surface area (Å²) in [6.45, 7) is 7.00. The highest BCUT2D eigenvalue weighted by Crippen LogP contribution is 2.39. The van der Waals surface area contributed by atoms with E-state index in [0.29, 0.717) is 11.3 Å². The number of rotatable bonds is 4. The van der Waals surface area contributed by atoms with Gasteiger partial charge in [0.1, 0.15) is 0 Å². The zero-order chi connectivity index (χ0) is 13.2. The topological polar surface area (TPSA) is 3.24 Å². The first-order valence-electron chi connectivity index (χ1n) is 6.73. The van der Waals surface area contributed by atoms with E-state index in [-0.39, 0.29) is 0 Å². The highest BCUT2D eigenvalue weighted by Gasteiger charge is 2.34. The first-order valence-corrected chi connectivity index (χ1v) is 8.06. The van der Waals surface area contributed by atoms with Crippen LogP contribution in [0.3, 0.4) is 0 Å². The maximum atomic E-state index is 5.89. The molecule has 1 aliphatic heterocycles. The number of benzene rings is 1. The molecule has 0 aromatic heterocycles. The molecule has 100 valence electrons. The Balaban J connectivity index is 2.17. The summed E-state index contributed by atoms with van der Waals surface area (Å²) in [5.74, 6) is 0.564. The molecule has 0 bridgehead atoms. The summed E-state index contributed by atoms with van der Waals surface area (Å²) in [4.78, 5) is 2.51. The number of hydrogen-bond donors (Lipinski definition) is 0. The minimum atomic E-state index is 0.525. The van der Waals surface area contributed by atoms with Crippen molar-refractivity contribution in [3.63, 3.8) is 0 Å². The third-order valence-electron chi connectivity index (χ3n) is 4.48. The van der Waals surface area contributed by atoms with Crippen LogP contribution in [0.4, 0.5) is 5.69 Å². The van der Waals surface area contributed by atoms with Gasteiger partial charge in [-0.2, -0.15) is 0 Å². The van der Waals surface area contributed by atoms with Crippen LogP contribution in [0.1, 0.15) is 38.7 Å². The Kier molecular flexibility index (Phi) is 4.60. The van der Waals surface area contributed by atoms with E-state index in [1.165, 1.54) is 38.0 Å². The normalized spacial score (nSPS) is 18.3. The predicted molar refractivity (Wildman–Crippen MR) is 83.5 cm³/mol. The number of alkyl halides is 1. The second-order valence-electron chi connectivity index (χ2n) is 5.29. The average Bonchev–Trinajstić information content (AvgIpc) is 2.84. The van der Waals surface area contributed by atoms with Crippen molar-refractivity contribution in [2.24, 2.45) is 5.41 Å². The minimum Gasteiger partial charge on any atom is -0.371 e. The van der Waals surface area contributed by atoms with Gasteiger partial charge in [0.2, 0.25) is 0 Å². The number of anilines is 1. The van der Waals surface area contributed by atoms with Crippen LogP contribution < -0.4 is 4.90 Å². The molecule has 0 amide bonds. The second-order valence-corrected chi connectivity index (χ2v) is 6.41. The number of nitrogens with zero attached hydrogens (tertiary/aromatic N) is 1. The van der Waals surface area contributed by atoms with E-state index in [2.05, 4.69) is 52.9 Å². The Morgan fingerprint density at radius 1 is 1.33 bits per heavy atom. The van der Waals surface area contributed by atoms with Gasteiger partial charge in [0, 0.05) is 29.1 Å². The first-order chi connectivity index (χ1) is 8.64. The zero-order valence-corrected chi connectivity index (χ0v) is 13.5. The lowest BCUT2D eigenvalue weighted by Crippen LogP contribution is -2.26. The van der Waals surface area contributed by atoms with E-state index in [1.54, 1.807) is 0 Å². The Labute approximate surface area is 124 Å². The molecule has 0 spiro atoms. The van der Waals surface area contributed by atoms with Gasteiger partial charge in [-0.1, -0.05) is 35.8 Å². The summed E-state index contributed by atoms with van der Waals surface area (Å²) in [6.07, 6.45) is 3.87. The van der Waals surface area contributed by atoms with Gasteiger partial charge in [-0.25, -0.2) is 0 Å². The Bertz CT molecular complexity index is 415. The van der Waals surface area contributed by atoms with Crippen molar-refractivity contribution in [1.29, 1.82) is 0 Å². The van der Waals surface area contributed by atoms with E-state index >= 15 is 0 Å². The molecule has 1 nitrogen and oxygen atoms in total. The Morgan fingerprint density at radius 2 is 2.06 bits per heavy atom. The van der Waals surface area contributed by atoms with Gasteiger partial charge >= 0.3 is 0 Å². The van der Waals surface area contributed by atoms with E-state index in [9.17, 15) is 0 Å². The monoisotopic (exact) mass is 329 g/mol. The maximum Gasteiger partial charge on any atom is 0.0485 e. The van der Waals surface area contributed by atoms with E-state index in [4.69, 9.17) is 11.6 Å². The van der Waals surface area contributed by atoms with Crippen LogP contribution in [0.2, 0.25) is 0 Å². The molecule has 1 aromatic carbocycles. The molecule has 1 heterocycles. The molecule has 0 atom stereocenters. The summed E-state index contributed by atoms with van der Waals surface area (Å²) in [5, 5.41) is 0. The molecule has 1 fully saturated rings. The fourth-order valence-corrected chi connectivity index (χ4v) is 3.73. The number of hydrogen-bond acceptors (Lipinski definition) is 1. The molecule has 0 N–H and O–H groups in total. The molecular weight excluding hydrogens is 310 g/mol. The highest BCUT2D eigenvalue weighted by atomic mass is 79.9. The summed E-state index contributed by atoms with van der Waals surface area (Å²) in [6, 6.07) is 6.54. The molecule has 18 heavy (non-hydrogen) atoms. The minimum absolute atomic E-state index is 0.525. The molecular formula is C15H21BrClN. The molecule has 1 aromatic rings. The van der Waals surface area contributed by atoms with Crippen molar-refractivity contribution in [2.45, 2.75) is 39.0 Å². The van der Waals surface area contributed by atoms with Gasteiger partial charge in [-0.3, -0.25) is 0 Å². The molecule has 0 saturated carbocycles. The van der Waals surface area contributed by atoms with Gasteiger partial charge in [0.15, 0.2) is 0 Å². The van der Waals surface area contributed by atoms with Crippen LogP contribution in [-0.2, 0) is 5.88 Å². The standard InChI is InChI=1S/C15H21BrClN/c1-3-15(4-2)7-8-18(11-15)13-6-5-12(10-17)14(16)9-13/h5-6,9H,3-4,7-8,10-11H2,1-2H3. The maximum absolute atomic E-state index is 5.89. The van der Waals surface area contributed by atoms with Crippen molar-refractivity contribution in [1.82, 2.24) is 0 Å². The lowest BCUT2D eigenvalue weighted by Gasteiger charge is -2.27. The zero-order valence-electron chi connectivity index (χ0n) is 11.2. The summed E-state index contributed by atoms with van der Waals surface area (Å²) >= 11 is 9.50. The van der Waals surface area contributed by atoms with Gasteiger partial charge in [-0.15, -0.1) is 11.6 Å². The summed E-state index contributed by atoms with van der Waals surface area (Å²) < 4.78 is 1.13. The molecule has 0 radical (unpaired) electrons. The van der Waals surface area contributed by atoms with Crippen LogP contribution in [-0.4, -0.2) is 13.1 Å². The molecule has 3 heteroatoms. The third-order valence-corrected chi connectivity index (χ3v) is 5.51. The quantitative estimate of drug-likeness (QED) is 0.685. The van der Waals surface area contributed by atoms with Crippen molar-refractivity contribution < 1.29 is 0 Å². The largest absolute Gasteiger partial charge is 0.371 e. The first kappa shape index (κ1) is 14.2. The smallest absolute Gasteiger partial charge is 0.0485 e. The van der Waals surface area contributed by atoms with Gasteiger partial charge in [0.05, 0.1) is 0 Å². The summed E-state index contributed by atoms with van der Waals surface area (Å²) in [7, 11) is 0. The van der Waals surface area contributed by atoms with Gasteiger partial charge in [0.25, 0.3) is 0 Å². The predicted octanol–water partition coefficient (Wildman–Crippen LogP) is 5.20.